The molecule has 1 fully saturated rings. The van der Waals surface area contributed by atoms with Gasteiger partial charge in [0.25, 0.3) is 0 Å². The van der Waals surface area contributed by atoms with Gasteiger partial charge in [-0.25, -0.2) is 0 Å². The highest BCUT2D eigenvalue weighted by Gasteiger charge is 2.34. The van der Waals surface area contributed by atoms with E-state index in [0.717, 1.165) is 12.3 Å². The van der Waals surface area contributed by atoms with Gasteiger partial charge in [0.05, 0.1) is 0 Å². The summed E-state index contributed by atoms with van der Waals surface area (Å²) in [6.07, 6.45) is 5.78. The lowest BCUT2D eigenvalue weighted by Crippen LogP contribution is -2.32. The van der Waals surface area contributed by atoms with Crippen molar-refractivity contribution in [2.45, 2.75) is 38.0 Å². The summed E-state index contributed by atoms with van der Waals surface area (Å²) in [7, 11) is 0. The summed E-state index contributed by atoms with van der Waals surface area (Å²) in [4.78, 5) is 0.0914. The third-order valence-corrected chi connectivity index (χ3v) is 2.32. The Morgan fingerprint density at radius 2 is 2.22 bits per heavy atom. The normalized spacial score (nSPS) is 24.0. The highest BCUT2D eigenvalue weighted by atomic mass is 35.5. The molecule has 0 saturated heterocycles. The van der Waals surface area contributed by atoms with Gasteiger partial charge in [-0.05, 0) is 31.6 Å². The van der Waals surface area contributed by atoms with Gasteiger partial charge in [0.1, 0.15) is 0 Å². The van der Waals surface area contributed by atoms with Crippen LogP contribution >= 0.6 is 11.6 Å². The van der Waals surface area contributed by atoms with E-state index in [0.29, 0.717) is 0 Å². The molecule has 0 heterocycles. The van der Waals surface area contributed by atoms with Crippen LogP contribution in [0.1, 0.15) is 33.1 Å². The number of alkyl halides is 1. The van der Waals surface area contributed by atoms with Gasteiger partial charge in [0.2, 0.25) is 0 Å². The van der Waals surface area contributed by atoms with Gasteiger partial charge in [-0.3, -0.25) is 0 Å². The summed E-state index contributed by atoms with van der Waals surface area (Å²) in [6, 6.07) is 0. The zero-order chi connectivity index (χ0) is 6.91. The third kappa shape index (κ3) is 1.86. The quantitative estimate of drug-likeness (QED) is 0.524. The van der Waals surface area contributed by atoms with E-state index in [1.54, 1.807) is 0 Å². The molecule has 1 rings (SSSR count). The van der Waals surface area contributed by atoms with Crippen molar-refractivity contribution in [2.24, 2.45) is 5.92 Å². The van der Waals surface area contributed by atoms with E-state index >= 15 is 0 Å². The first-order valence-corrected chi connectivity index (χ1v) is 4.03. The molecule has 1 saturated carbocycles. The summed E-state index contributed by atoms with van der Waals surface area (Å²) in [6.45, 7) is 4.44. The molecule has 1 atom stereocenters. The molecule has 53 valence electrons. The van der Waals surface area contributed by atoms with E-state index in [9.17, 15) is 0 Å². The molecule has 0 aromatic carbocycles. The van der Waals surface area contributed by atoms with Crippen molar-refractivity contribution in [3.05, 3.63) is 6.42 Å². The molecule has 1 unspecified atom stereocenters. The Morgan fingerprint density at radius 3 is 2.33 bits per heavy atom. The maximum atomic E-state index is 6.15. The minimum absolute atomic E-state index is 0.0914. The predicted octanol–water partition coefficient (Wildman–Crippen LogP) is 3.01. The first-order chi connectivity index (χ1) is 4.12. The van der Waals surface area contributed by atoms with Crippen LogP contribution in [0, 0.1) is 12.3 Å². The summed E-state index contributed by atoms with van der Waals surface area (Å²) in [5.74, 6) is 0.735. The second-order valence-electron chi connectivity index (χ2n) is 3.38. The molecule has 0 aromatic rings. The first kappa shape index (κ1) is 7.40. The van der Waals surface area contributed by atoms with E-state index in [1.807, 2.05) is 0 Å². The topological polar surface area (TPSA) is 0 Å². The molecule has 1 radical (unpaired) electrons. The Labute approximate surface area is 62.6 Å². The lowest BCUT2D eigenvalue weighted by Gasteiger charge is -2.36. The van der Waals surface area contributed by atoms with E-state index < -0.39 is 0 Å². The number of hydrogen-bond donors (Lipinski definition) is 0. The van der Waals surface area contributed by atoms with Gasteiger partial charge in [0.15, 0.2) is 0 Å². The average molecular weight is 146 g/mol. The molecule has 1 aliphatic carbocycles. The maximum absolute atomic E-state index is 6.15. The summed E-state index contributed by atoms with van der Waals surface area (Å²) < 4.78 is 0. The molecule has 1 heteroatoms. The van der Waals surface area contributed by atoms with Crippen LogP contribution in [0.3, 0.4) is 0 Å². The van der Waals surface area contributed by atoms with E-state index in [2.05, 4.69) is 20.3 Å². The van der Waals surface area contributed by atoms with E-state index in [-0.39, 0.29) is 4.87 Å². The van der Waals surface area contributed by atoms with Crippen molar-refractivity contribution in [1.82, 2.24) is 0 Å². The zero-order valence-corrected chi connectivity index (χ0v) is 6.91. The lowest BCUT2D eigenvalue weighted by molar-refractivity contribution is 0.385. The summed E-state index contributed by atoms with van der Waals surface area (Å²) in [5, 5.41) is 0. The Balaban J connectivity index is 2.24. The number of hydrogen-bond acceptors (Lipinski definition) is 0. The molecule has 0 aliphatic heterocycles. The molecular weight excluding hydrogens is 132 g/mol. The molecule has 0 nitrogen and oxygen atoms in total. The smallest absolute Gasteiger partial charge is 0.0480 e. The molecule has 1 aliphatic rings. The van der Waals surface area contributed by atoms with Crippen molar-refractivity contribution in [2.75, 3.05) is 0 Å². The molecule has 0 spiro atoms. The molecule has 0 aromatic heterocycles. The minimum atomic E-state index is 0.0914. The fourth-order valence-corrected chi connectivity index (χ4v) is 1.85. The van der Waals surface area contributed by atoms with Gasteiger partial charge in [-0.1, -0.05) is 13.8 Å². The minimum Gasteiger partial charge on any atom is -0.119 e. The molecule has 0 N–H and O–H groups in total. The Morgan fingerprint density at radius 1 is 1.67 bits per heavy atom. The van der Waals surface area contributed by atoms with Crippen molar-refractivity contribution >= 4 is 11.6 Å². The van der Waals surface area contributed by atoms with Crippen LogP contribution < -0.4 is 0 Å². The Hall–Kier alpha value is 0.290. The number of halogens is 1. The second kappa shape index (κ2) is 2.49. The van der Waals surface area contributed by atoms with E-state index in [1.165, 1.54) is 12.8 Å². The zero-order valence-electron chi connectivity index (χ0n) is 6.15. The summed E-state index contributed by atoms with van der Waals surface area (Å²) >= 11 is 6.15. The van der Waals surface area contributed by atoms with Crippen LogP contribution in [0.25, 0.3) is 0 Å². The van der Waals surface area contributed by atoms with Crippen molar-refractivity contribution < 1.29 is 0 Å². The van der Waals surface area contributed by atoms with E-state index in [4.69, 9.17) is 11.6 Å². The van der Waals surface area contributed by atoms with Crippen molar-refractivity contribution in [3.8, 4) is 0 Å². The van der Waals surface area contributed by atoms with Gasteiger partial charge < -0.3 is 0 Å². The van der Waals surface area contributed by atoms with Gasteiger partial charge in [0, 0.05) is 4.87 Å². The second-order valence-corrected chi connectivity index (χ2v) is 4.13. The standard InChI is InChI=1S/C8H14Cl/c1-7(2)6-8(9)4-3-5-8/h4,7H,3,5-6H2,1-2H3. The molecular formula is C8H14Cl. The highest BCUT2D eigenvalue weighted by Crippen LogP contribution is 2.41. The lowest BCUT2D eigenvalue weighted by atomic mass is 9.79. The van der Waals surface area contributed by atoms with Crippen LogP contribution in [0.15, 0.2) is 0 Å². The molecule has 0 amide bonds. The first-order valence-electron chi connectivity index (χ1n) is 3.66. The number of rotatable bonds is 2. The van der Waals surface area contributed by atoms with Gasteiger partial charge >= 0.3 is 0 Å². The predicted molar refractivity (Wildman–Crippen MR) is 41.6 cm³/mol. The van der Waals surface area contributed by atoms with Crippen LogP contribution in [0.2, 0.25) is 0 Å². The van der Waals surface area contributed by atoms with Crippen LogP contribution in [-0.2, 0) is 0 Å². The van der Waals surface area contributed by atoms with Gasteiger partial charge in [-0.15, -0.1) is 11.6 Å². The van der Waals surface area contributed by atoms with Crippen LogP contribution in [0.5, 0.6) is 0 Å². The summed E-state index contributed by atoms with van der Waals surface area (Å²) in [5.41, 5.74) is 0. The largest absolute Gasteiger partial charge is 0.119 e. The fourth-order valence-electron chi connectivity index (χ4n) is 1.32. The Bertz CT molecular complexity index is 92.7. The fraction of sp³-hybridized carbons (Fsp3) is 0.875. The monoisotopic (exact) mass is 145 g/mol. The van der Waals surface area contributed by atoms with Crippen LogP contribution in [0.4, 0.5) is 0 Å². The highest BCUT2D eigenvalue weighted by molar-refractivity contribution is 6.25. The average Bonchev–Trinajstić information content (AvgIpc) is 1.60. The third-order valence-electron chi connectivity index (χ3n) is 1.82. The Kier molecular flexibility index (Phi) is 2.05. The van der Waals surface area contributed by atoms with Crippen molar-refractivity contribution in [1.29, 1.82) is 0 Å². The van der Waals surface area contributed by atoms with Gasteiger partial charge in [-0.2, -0.15) is 0 Å². The van der Waals surface area contributed by atoms with Crippen molar-refractivity contribution in [3.63, 3.8) is 0 Å². The molecule has 0 bridgehead atoms. The molecule has 9 heavy (non-hydrogen) atoms. The maximum Gasteiger partial charge on any atom is 0.0480 e. The SMILES string of the molecule is CC(C)CC1(Cl)[CH]CC1. The van der Waals surface area contributed by atoms with Crippen LogP contribution in [-0.4, -0.2) is 4.87 Å².